The van der Waals surface area contributed by atoms with Crippen molar-refractivity contribution in [2.24, 2.45) is 0 Å². The standard InChI is InChI=1S/C13H21N3O3/c1-13(19,8-16(2)3)7-15-12(18)9-4-5-10(14)11(17)6-9/h4-6,17,19H,7-8,14H2,1-3H3,(H,15,18). The Labute approximate surface area is 112 Å². The third-order valence-electron chi connectivity index (χ3n) is 2.58. The summed E-state index contributed by atoms with van der Waals surface area (Å²) in [4.78, 5) is 13.7. The molecule has 1 rings (SSSR count). The number of likely N-dealkylation sites (N-methyl/N-ethyl adjacent to an activating group) is 1. The van der Waals surface area contributed by atoms with Gasteiger partial charge in [0.05, 0.1) is 11.3 Å². The summed E-state index contributed by atoms with van der Waals surface area (Å²) >= 11 is 0. The lowest BCUT2D eigenvalue weighted by molar-refractivity contribution is 0.0326. The zero-order chi connectivity index (χ0) is 14.6. The van der Waals surface area contributed by atoms with Gasteiger partial charge in [-0.15, -0.1) is 0 Å². The second-order valence-electron chi connectivity index (χ2n) is 5.19. The maximum atomic E-state index is 11.9. The Kier molecular flexibility index (Phi) is 4.74. The van der Waals surface area contributed by atoms with E-state index in [9.17, 15) is 15.0 Å². The number of phenolic OH excluding ortho intramolecular Hbond substituents is 1. The molecule has 0 aliphatic carbocycles. The molecule has 0 saturated heterocycles. The largest absolute Gasteiger partial charge is 0.506 e. The van der Waals surface area contributed by atoms with Crippen LogP contribution in [0.1, 0.15) is 17.3 Å². The molecule has 6 nitrogen and oxygen atoms in total. The summed E-state index contributed by atoms with van der Waals surface area (Å²) in [6, 6.07) is 4.28. The monoisotopic (exact) mass is 267 g/mol. The summed E-state index contributed by atoms with van der Waals surface area (Å²) in [6.45, 7) is 2.20. The van der Waals surface area contributed by atoms with Gasteiger partial charge < -0.3 is 26.2 Å². The van der Waals surface area contributed by atoms with Crippen LogP contribution in [0, 0.1) is 0 Å². The summed E-state index contributed by atoms with van der Waals surface area (Å²) in [6.07, 6.45) is 0. The lowest BCUT2D eigenvalue weighted by Crippen LogP contribution is -2.47. The molecule has 0 fully saturated rings. The van der Waals surface area contributed by atoms with E-state index >= 15 is 0 Å². The van der Waals surface area contributed by atoms with Crippen LogP contribution in [0.2, 0.25) is 0 Å². The quantitative estimate of drug-likeness (QED) is 0.445. The number of aliphatic hydroxyl groups is 1. The van der Waals surface area contributed by atoms with Crippen molar-refractivity contribution >= 4 is 11.6 Å². The maximum Gasteiger partial charge on any atom is 0.251 e. The summed E-state index contributed by atoms with van der Waals surface area (Å²) < 4.78 is 0. The predicted octanol–water partition coefficient (Wildman–Crippen LogP) is 0.0168. The first-order valence-electron chi connectivity index (χ1n) is 5.95. The van der Waals surface area contributed by atoms with Crippen molar-refractivity contribution in [2.45, 2.75) is 12.5 Å². The van der Waals surface area contributed by atoms with E-state index < -0.39 is 5.60 Å². The first-order valence-corrected chi connectivity index (χ1v) is 5.95. The van der Waals surface area contributed by atoms with E-state index in [0.717, 1.165) is 0 Å². The molecule has 1 aromatic carbocycles. The van der Waals surface area contributed by atoms with E-state index in [-0.39, 0.29) is 23.9 Å². The minimum Gasteiger partial charge on any atom is -0.506 e. The fourth-order valence-corrected chi connectivity index (χ4v) is 1.79. The smallest absolute Gasteiger partial charge is 0.251 e. The van der Waals surface area contributed by atoms with Crippen LogP contribution < -0.4 is 11.1 Å². The van der Waals surface area contributed by atoms with Gasteiger partial charge in [-0.3, -0.25) is 4.79 Å². The van der Waals surface area contributed by atoms with E-state index in [1.165, 1.54) is 18.2 Å². The topological polar surface area (TPSA) is 98.8 Å². The molecule has 0 spiro atoms. The molecule has 1 unspecified atom stereocenters. The fraction of sp³-hybridized carbons (Fsp3) is 0.462. The lowest BCUT2D eigenvalue weighted by atomic mass is 10.1. The number of hydrogen-bond donors (Lipinski definition) is 4. The van der Waals surface area contributed by atoms with Crippen molar-refractivity contribution in [3.63, 3.8) is 0 Å². The van der Waals surface area contributed by atoms with Gasteiger partial charge in [0.1, 0.15) is 5.75 Å². The number of benzene rings is 1. The van der Waals surface area contributed by atoms with E-state index in [1.54, 1.807) is 6.92 Å². The number of phenols is 1. The van der Waals surface area contributed by atoms with Crippen LogP contribution in [0.4, 0.5) is 5.69 Å². The van der Waals surface area contributed by atoms with Gasteiger partial charge in [-0.25, -0.2) is 0 Å². The van der Waals surface area contributed by atoms with Crippen LogP contribution in [0.25, 0.3) is 0 Å². The Morgan fingerprint density at radius 2 is 2.11 bits per heavy atom. The van der Waals surface area contributed by atoms with Crippen LogP contribution in [0.3, 0.4) is 0 Å². The number of hydrogen-bond acceptors (Lipinski definition) is 5. The molecule has 0 bridgehead atoms. The molecule has 1 amide bonds. The minimum absolute atomic E-state index is 0.120. The summed E-state index contributed by atoms with van der Waals surface area (Å²) in [5.74, 6) is -0.498. The van der Waals surface area contributed by atoms with E-state index in [2.05, 4.69) is 5.32 Å². The van der Waals surface area contributed by atoms with Gasteiger partial charge >= 0.3 is 0 Å². The molecule has 106 valence electrons. The van der Waals surface area contributed by atoms with Crippen LogP contribution in [-0.4, -0.2) is 53.8 Å². The molecular weight excluding hydrogens is 246 g/mol. The van der Waals surface area contributed by atoms with Crippen molar-refractivity contribution in [1.29, 1.82) is 0 Å². The maximum absolute atomic E-state index is 11.9. The number of carbonyl (C=O) groups is 1. The lowest BCUT2D eigenvalue weighted by Gasteiger charge is -2.27. The molecule has 1 aromatic rings. The first-order chi connectivity index (χ1) is 8.71. The zero-order valence-corrected chi connectivity index (χ0v) is 11.5. The second kappa shape index (κ2) is 5.90. The average molecular weight is 267 g/mol. The van der Waals surface area contributed by atoms with Crippen molar-refractivity contribution < 1.29 is 15.0 Å². The Hall–Kier alpha value is -1.79. The van der Waals surface area contributed by atoms with Gasteiger partial charge in [0.25, 0.3) is 5.91 Å². The van der Waals surface area contributed by atoms with Gasteiger partial charge in [-0.1, -0.05) is 0 Å². The Morgan fingerprint density at radius 3 is 2.63 bits per heavy atom. The number of carbonyl (C=O) groups excluding carboxylic acids is 1. The molecule has 5 N–H and O–H groups in total. The number of amides is 1. The number of nitrogen functional groups attached to an aromatic ring is 1. The van der Waals surface area contributed by atoms with Crippen molar-refractivity contribution in [2.75, 3.05) is 32.9 Å². The average Bonchev–Trinajstić information content (AvgIpc) is 2.28. The molecular formula is C13H21N3O3. The minimum atomic E-state index is -1.02. The number of anilines is 1. The van der Waals surface area contributed by atoms with Crippen LogP contribution in [-0.2, 0) is 0 Å². The van der Waals surface area contributed by atoms with E-state index in [0.29, 0.717) is 12.1 Å². The Morgan fingerprint density at radius 1 is 1.47 bits per heavy atom. The number of rotatable bonds is 5. The normalized spacial score (nSPS) is 14.2. The predicted molar refractivity (Wildman–Crippen MR) is 74.0 cm³/mol. The molecule has 0 heterocycles. The van der Waals surface area contributed by atoms with Crippen molar-refractivity contribution in [3.8, 4) is 5.75 Å². The number of nitrogens with zero attached hydrogens (tertiary/aromatic N) is 1. The van der Waals surface area contributed by atoms with Gasteiger partial charge in [0, 0.05) is 18.7 Å². The summed E-state index contributed by atoms with van der Waals surface area (Å²) in [5.41, 5.74) is 4.96. The molecule has 0 aliphatic heterocycles. The Bertz CT molecular complexity index is 458. The van der Waals surface area contributed by atoms with Gasteiger partial charge in [-0.2, -0.15) is 0 Å². The Balaban J connectivity index is 2.62. The van der Waals surface area contributed by atoms with Gasteiger partial charge in [0.2, 0.25) is 0 Å². The van der Waals surface area contributed by atoms with E-state index in [4.69, 9.17) is 5.73 Å². The molecule has 0 aromatic heterocycles. The molecule has 6 heteroatoms. The fourth-order valence-electron chi connectivity index (χ4n) is 1.79. The first kappa shape index (κ1) is 15.3. The highest BCUT2D eigenvalue weighted by atomic mass is 16.3. The van der Waals surface area contributed by atoms with E-state index in [1.807, 2.05) is 19.0 Å². The molecule has 19 heavy (non-hydrogen) atoms. The number of nitrogens with one attached hydrogen (secondary N) is 1. The molecule has 1 atom stereocenters. The highest BCUT2D eigenvalue weighted by Gasteiger charge is 2.22. The van der Waals surface area contributed by atoms with Crippen molar-refractivity contribution in [1.82, 2.24) is 10.2 Å². The van der Waals surface area contributed by atoms with Crippen LogP contribution >= 0.6 is 0 Å². The van der Waals surface area contributed by atoms with Gasteiger partial charge in [-0.05, 0) is 39.2 Å². The molecule has 0 radical (unpaired) electrons. The SMILES string of the molecule is CN(C)CC(C)(O)CNC(=O)c1ccc(N)c(O)c1. The van der Waals surface area contributed by atoms with Crippen molar-refractivity contribution in [3.05, 3.63) is 23.8 Å². The van der Waals surface area contributed by atoms with Crippen LogP contribution in [0.15, 0.2) is 18.2 Å². The third-order valence-corrected chi connectivity index (χ3v) is 2.58. The highest BCUT2D eigenvalue weighted by Crippen LogP contribution is 2.20. The van der Waals surface area contributed by atoms with Crippen LogP contribution in [0.5, 0.6) is 5.75 Å². The summed E-state index contributed by atoms with van der Waals surface area (Å²) in [5, 5.41) is 22.1. The second-order valence-corrected chi connectivity index (χ2v) is 5.19. The highest BCUT2D eigenvalue weighted by molar-refractivity contribution is 5.95. The number of nitrogens with two attached hydrogens (primary N) is 1. The molecule has 0 aliphatic rings. The number of aromatic hydroxyl groups is 1. The van der Waals surface area contributed by atoms with Gasteiger partial charge in [0.15, 0.2) is 0 Å². The third kappa shape index (κ3) is 4.76. The summed E-state index contributed by atoms with van der Waals surface area (Å²) in [7, 11) is 3.68. The molecule has 0 saturated carbocycles. The zero-order valence-electron chi connectivity index (χ0n) is 11.5.